The molecule has 0 aromatic heterocycles. The van der Waals surface area contributed by atoms with E-state index in [-0.39, 0.29) is 11.8 Å². The van der Waals surface area contributed by atoms with Gasteiger partial charge >= 0.3 is 11.9 Å². The number of benzene rings is 1. The van der Waals surface area contributed by atoms with Crippen LogP contribution in [-0.2, 0) is 25.6 Å². The maximum Gasteiger partial charge on any atom is 0.326 e. The number of likely N-dealkylation sites (tertiary alicyclic amines) is 1. The zero-order chi connectivity index (χ0) is 27.0. The third kappa shape index (κ3) is 10.9. The average Bonchev–Trinajstić information content (AvgIpc) is 3.38. The first-order chi connectivity index (χ1) is 17.8. The minimum atomic E-state index is -1.05. The number of nitrogens with one attached hydrogen (secondary N) is 3. The van der Waals surface area contributed by atoms with Crippen molar-refractivity contribution < 1.29 is 29.4 Å². The second kappa shape index (κ2) is 16.7. The molecule has 11 nitrogen and oxygen atoms in total. The van der Waals surface area contributed by atoms with Gasteiger partial charge in [-0.3, -0.25) is 19.7 Å². The molecule has 11 heteroatoms. The van der Waals surface area contributed by atoms with Gasteiger partial charge in [0.2, 0.25) is 11.8 Å². The maximum absolute atomic E-state index is 13.4. The number of carboxylic acids is 2. The van der Waals surface area contributed by atoms with Crippen LogP contribution in [-0.4, -0.2) is 83.3 Å². The second-order valence-electron chi connectivity index (χ2n) is 9.32. The normalized spacial score (nSPS) is 16.8. The first kappa shape index (κ1) is 30.2. The summed E-state index contributed by atoms with van der Waals surface area (Å²) in [5, 5.41) is 28.2. The summed E-state index contributed by atoms with van der Waals surface area (Å²) in [6.45, 7) is 1.82. The molecule has 1 fully saturated rings. The number of carbonyl (C=O) groups is 4. The topological polar surface area (TPSA) is 174 Å². The van der Waals surface area contributed by atoms with Gasteiger partial charge < -0.3 is 31.5 Å². The van der Waals surface area contributed by atoms with Gasteiger partial charge in [0, 0.05) is 26.2 Å². The van der Waals surface area contributed by atoms with E-state index < -0.39 is 30.1 Å². The van der Waals surface area contributed by atoms with E-state index in [1.54, 1.807) is 0 Å². The maximum atomic E-state index is 13.4. The second-order valence-corrected chi connectivity index (χ2v) is 9.32. The molecule has 1 aliphatic heterocycles. The third-order valence-electron chi connectivity index (χ3n) is 6.53. The Bertz CT molecular complexity index is 868. The molecule has 0 bridgehead atoms. The van der Waals surface area contributed by atoms with Crippen LogP contribution in [0.15, 0.2) is 30.3 Å². The lowest BCUT2D eigenvalue weighted by Gasteiger charge is -2.29. The number of hydrogen-bond donors (Lipinski definition) is 6. The summed E-state index contributed by atoms with van der Waals surface area (Å²) < 4.78 is 0. The molecule has 1 aromatic carbocycles. The highest BCUT2D eigenvalue weighted by atomic mass is 16.4. The van der Waals surface area contributed by atoms with Crippen LogP contribution >= 0.6 is 0 Å². The number of nitrogens with zero attached hydrogens (tertiary/aromatic N) is 1. The van der Waals surface area contributed by atoms with E-state index >= 15 is 0 Å². The molecule has 0 radical (unpaired) electrons. The minimum absolute atomic E-state index is 0.0576. The molecule has 1 aromatic rings. The third-order valence-corrected chi connectivity index (χ3v) is 6.53. The number of carboxylic acid groups (broad SMARTS) is 2. The molecule has 206 valence electrons. The smallest absolute Gasteiger partial charge is 0.326 e. The Morgan fingerprint density at radius 1 is 1.00 bits per heavy atom. The molecule has 0 aliphatic carbocycles. The van der Waals surface area contributed by atoms with Crippen LogP contribution in [0.2, 0.25) is 0 Å². The quantitative estimate of drug-likeness (QED) is 0.120. The number of rotatable bonds is 18. The summed E-state index contributed by atoms with van der Waals surface area (Å²) in [5.41, 5.74) is 6.35. The van der Waals surface area contributed by atoms with E-state index in [1.165, 1.54) is 4.90 Å². The SMILES string of the molecule is NCNCCCC(=O)NCCCC[C@H](NC(CCc1ccccc1)C(=O)O)C(=O)N1CCCC1C(=O)O. The van der Waals surface area contributed by atoms with Crippen molar-refractivity contribution in [3.05, 3.63) is 35.9 Å². The van der Waals surface area contributed by atoms with Gasteiger partial charge in [0.25, 0.3) is 0 Å². The molecule has 2 rings (SSSR count). The Hall–Kier alpha value is -3.02. The van der Waals surface area contributed by atoms with Gasteiger partial charge in [0.15, 0.2) is 0 Å². The van der Waals surface area contributed by atoms with Gasteiger partial charge in [0.05, 0.1) is 6.04 Å². The minimum Gasteiger partial charge on any atom is -0.480 e. The number of aryl methyl sites for hydroxylation is 1. The Labute approximate surface area is 218 Å². The molecule has 1 heterocycles. The first-order valence-electron chi connectivity index (χ1n) is 13.1. The number of carbonyl (C=O) groups excluding carboxylic acids is 2. The van der Waals surface area contributed by atoms with Crippen molar-refractivity contribution in [2.45, 2.75) is 75.9 Å². The van der Waals surface area contributed by atoms with Gasteiger partial charge in [0.1, 0.15) is 12.1 Å². The standard InChI is InChI=1S/C26H41N5O6/c27-18-28-15-6-12-23(32)29-16-5-4-10-20(24(33)31-17-7-11-22(31)26(36)37)30-21(25(34)35)14-13-19-8-2-1-3-9-19/h1-3,8-9,20-22,28,30H,4-7,10-18,27H2,(H,29,32)(H,34,35)(H,36,37)/t20-,21?,22?/m0/s1. The van der Waals surface area contributed by atoms with Crippen molar-refractivity contribution >= 4 is 23.8 Å². The van der Waals surface area contributed by atoms with Crippen LogP contribution in [0.3, 0.4) is 0 Å². The number of aliphatic carboxylic acids is 2. The van der Waals surface area contributed by atoms with Crippen molar-refractivity contribution in [2.75, 3.05) is 26.3 Å². The Balaban J connectivity index is 1.95. The molecule has 1 aliphatic rings. The number of amides is 2. The van der Waals surface area contributed by atoms with Crippen LogP contribution in [0, 0.1) is 0 Å². The van der Waals surface area contributed by atoms with E-state index in [0.717, 1.165) is 5.56 Å². The van der Waals surface area contributed by atoms with Gasteiger partial charge in [-0.05, 0) is 63.5 Å². The van der Waals surface area contributed by atoms with Crippen LogP contribution in [0.4, 0.5) is 0 Å². The Morgan fingerprint density at radius 3 is 2.43 bits per heavy atom. The lowest BCUT2D eigenvalue weighted by Crippen LogP contribution is -2.54. The average molecular weight is 520 g/mol. The summed E-state index contributed by atoms with van der Waals surface area (Å²) >= 11 is 0. The van der Waals surface area contributed by atoms with Crippen LogP contribution in [0.25, 0.3) is 0 Å². The fourth-order valence-corrected chi connectivity index (χ4v) is 4.51. The molecule has 3 atom stereocenters. The first-order valence-corrected chi connectivity index (χ1v) is 13.1. The molecule has 2 amide bonds. The van der Waals surface area contributed by atoms with Gasteiger partial charge in [-0.1, -0.05) is 30.3 Å². The van der Waals surface area contributed by atoms with Crippen molar-refractivity contribution in [1.29, 1.82) is 0 Å². The lowest BCUT2D eigenvalue weighted by molar-refractivity contribution is -0.149. The van der Waals surface area contributed by atoms with Crippen molar-refractivity contribution in [1.82, 2.24) is 20.9 Å². The van der Waals surface area contributed by atoms with E-state index in [1.807, 2.05) is 30.3 Å². The summed E-state index contributed by atoms with van der Waals surface area (Å²) in [7, 11) is 0. The van der Waals surface area contributed by atoms with Crippen molar-refractivity contribution in [2.24, 2.45) is 5.73 Å². The fourth-order valence-electron chi connectivity index (χ4n) is 4.51. The van der Waals surface area contributed by atoms with Crippen LogP contribution < -0.4 is 21.7 Å². The molecule has 7 N–H and O–H groups in total. The number of unbranched alkanes of at least 4 members (excludes halogenated alkanes) is 1. The summed E-state index contributed by atoms with van der Waals surface area (Å²) in [5.74, 6) is -2.54. The van der Waals surface area contributed by atoms with Crippen molar-refractivity contribution in [3.8, 4) is 0 Å². The van der Waals surface area contributed by atoms with Gasteiger partial charge in [-0.2, -0.15) is 0 Å². The highest BCUT2D eigenvalue weighted by Gasteiger charge is 2.38. The summed E-state index contributed by atoms with van der Waals surface area (Å²) in [6.07, 6.45) is 4.40. The molecule has 1 saturated heterocycles. The number of hydrogen-bond acceptors (Lipinski definition) is 7. The summed E-state index contributed by atoms with van der Waals surface area (Å²) in [4.78, 5) is 50.3. The molecular formula is C26H41N5O6. The van der Waals surface area contributed by atoms with E-state index in [4.69, 9.17) is 5.73 Å². The highest BCUT2D eigenvalue weighted by Crippen LogP contribution is 2.20. The highest BCUT2D eigenvalue weighted by molar-refractivity contribution is 5.88. The zero-order valence-corrected chi connectivity index (χ0v) is 21.4. The Kier molecular flexibility index (Phi) is 13.6. The molecule has 0 spiro atoms. The van der Waals surface area contributed by atoms with E-state index in [2.05, 4.69) is 16.0 Å². The zero-order valence-electron chi connectivity index (χ0n) is 21.4. The largest absolute Gasteiger partial charge is 0.480 e. The number of nitrogens with two attached hydrogens (primary N) is 1. The predicted molar refractivity (Wildman–Crippen MR) is 139 cm³/mol. The van der Waals surface area contributed by atoms with Crippen molar-refractivity contribution in [3.63, 3.8) is 0 Å². The molecular weight excluding hydrogens is 478 g/mol. The van der Waals surface area contributed by atoms with Crippen LogP contribution in [0.1, 0.15) is 56.9 Å². The summed E-state index contributed by atoms with van der Waals surface area (Å²) in [6, 6.07) is 6.84. The lowest BCUT2D eigenvalue weighted by atomic mass is 10.0. The van der Waals surface area contributed by atoms with Gasteiger partial charge in [-0.15, -0.1) is 0 Å². The predicted octanol–water partition coefficient (Wildman–Crippen LogP) is 0.679. The van der Waals surface area contributed by atoms with Gasteiger partial charge in [-0.25, -0.2) is 4.79 Å². The van der Waals surface area contributed by atoms with E-state index in [9.17, 15) is 29.4 Å². The van der Waals surface area contributed by atoms with E-state index in [0.29, 0.717) is 84.1 Å². The monoisotopic (exact) mass is 519 g/mol. The Morgan fingerprint density at radius 2 is 1.76 bits per heavy atom. The molecule has 0 saturated carbocycles. The molecule has 2 unspecified atom stereocenters. The molecule has 37 heavy (non-hydrogen) atoms. The fraction of sp³-hybridized carbons (Fsp3) is 0.615. The van der Waals surface area contributed by atoms with Crippen LogP contribution in [0.5, 0.6) is 0 Å².